The lowest BCUT2D eigenvalue weighted by Gasteiger charge is -2.37. The number of fused-ring (bicyclic) bond motifs is 1. The molecule has 0 bridgehead atoms. The molecule has 40 heavy (non-hydrogen) atoms. The van der Waals surface area contributed by atoms with Crippen LogP contribution in [0.2, 0.25) is 0 Å². The van der Waals surface area contributed by atoms with E-state index >= 15 is 0 Å². The van der Waals surface area contributed by atoms with Crippen molar-refractivity contribution in [2.75, 3.05) is 31.1 Å². The van der Waals surface area contributed by atoms with Gasteiger partial charge in [-0.25, -0.2) is 4.79 Å². The number of ether oxygens (including phenoxy) is 1. The van der Waals surface area contributed by atoms with Crippen molar-refractivity contribution in [3.8, 4) is 0 Å². The summed E-state index contributed by atoms with van der Waals surface area (Å²) in [7, 11) is 0. The molecule has 1 saturated carbocycles. The van der Waals surface area contributed by atoms with Crippen molar-refractivity contribution < 1.29 is 14.3 Å². The number of carbonyl (C=O) groups is 2. The highest BCUT2D eigenvalue weighted by molar-refractivity contribution is 6.07. The third-order valence-corrected chi connectivity index (χ3v) is 7.83. The van der Waals surface area contributed by atoms with Gasteiger partial charge in [-0.3, -0.25) is 14.3 Å². The number of hydrogen-bond donors (Lipinski definition) is 2. The van der Waals surface area contributed by atoms with Gasteiger partial charge in [0.25, 0.3) is 11.5 Å². The van der Waals surface area contributed by atoms with Crippen LogP contribution in [0, 0.1) is 13.8 Å². The highest BCUT2D eigenvalue weighted by Crippen LogP contribution is 2.34. The molecule has 0 radical (unpaired) electrons. The van der Waals surface area contributed by atoms with Crippen LogP contribution in [-0.2, 0) is 11.3 Å². The summed E-state index contributed by atoms with van der Waals surface area (Å²) in [6.45, 7) is 11.8. The molecule has 10 nitrogen and oxygen atoms in total. The minimum atomic E-state index is -0.540. The van der Waals surface area contributed by atoms with Crippen LogP contribution in [-0.4, -0.2) is 63.4 Å². The SMILES string of the molecule is Cc1cc(C)c(CNC(=O)c2cc(N3CCN(C(=O)OC(C)(C)C)CC3)cc3c2cnn3C2CCCC2)c(=O)[nH]1. The van der Waals surface area contributed by atoms with E-state index in [0.717, 1.165) is 40.7 Å². The number of aromatic nitrogens is 3. The Kier molecular flexibility index (Phi) is 7.61. The van der Waals surface area contributed by atoms with Gasteiger partial charge in [0.05, 0.1) is 23.3 Å². The zero-order chi connectivity index (χ0) is 28.6. The van der Waals surface area contributed by atoms with Gasteiger partial charge in [0.1, 0.15) is 5.60 Å². The van der Waals surface area contributed by atoms with Crippen LogP contribution in [0.3, 0.4) is 0 Å². The third-order valence-electron chi connectivity index (χ3n) is 7.83. The summed E-state index contributed by atoms with van der Waals surface area (Å²) in [5.41, 5.74) is 3.85. The summed E-state index contributed by atoms with van der Waals surface area (Å²) in [4.78, 5) is 45.5. The van der Waals surface area contributed by atoms with Crippen molar-refractivity contribution >= 4 is 28.6 Å². The largest absolute Gasteiger partial charge is 0.444 e. The van der Waals surface area contributed by atoms with Gasteiger partial charge in [0, 0.05) is 55.1 Å². The lowest BCUT2D eigenvalue weighted by atomic mass is 10.1. The molecule has 2 aromatic heterocycles. The maximum Gasteiger partial charge on any atom is 0.410 e. The zero-order valence-corrected chi connectivity index (χ0v) is 24.2. The highest BCUT2D eigenvalue weighted by Gasteiger charge is 2.28. The van der Waals surface area contributed by atoms with Crippen LogP contribution in [0.5, 0.6) is 0 Å². The van der Waals surface area contributed by atoms with Crippen LogP contribution >= 0.6 is 0 Å². The minimum Gasteiger partial charge on any atom is -0.444 e. The first-order valence-electron chi connectivity index (χ1n) is 14.2. The fraction of sp³-hybridized carbons (Fsp3) is 0.533. The number of nitrogens with zero attached hydrogens (tertiary/aromatic N) is 4. The fourth-order valence-electron chi connectivity index (χ4n) is 5.78. The van der Waals surface area contributed by atoms with E-state index in [1.807, 2.05) is 46.8 Å². The van der Waals surface area contributed by atoms with Crippen LogP contribution < -0.4 is 15.8 Å². The van der Waals surface area contributed by atoms with Crippen molar-refractivity contribution in [2.24, 2.45) is 0 Å². The van der Waals surface area contributed by atoms with Gasteiger partial charge in [-0.2, -0.15) is 5.10 Å². The van der Waals surface area contributed by atoms with E-state index < -0.39 is 5.60 Å². The monoisotopic (exact) mass is 548 g/mol. The van der Waals surface area contributed by atoms with E-state index in [1.165, 1.54) is 12.8 Å². The van der Waals surface area contributed by atoms with Crippen molar-refractivity contribution in [2.45, 2.75) is 78.5 Å². The molecule has 2 aliphatic rings. The molecule has 1 aliphatic heterocycles. The number of carbonyl (C=O) groups excluding carboxylic acids is 2. The first-order valence-corrected chi connectivity index (χ1v) is 14.2. The second-order valence-corrected chi connectivity index (χ2v) is 12.0. The van der Waals surface area contributed by atoms with E-state index in [0.29, 0.717) is 43.3 Å². The third kappa shape index (κ3) is 5.85. The smallest absolute Gasteiger partial charge is 0.410 e. The molecule has 5 rings (SSSR count). The number of aryl methyl sites for hydroxylation is 2. The first kappa shape index (κ1) is 27.7. The Labute approximate surface area is 234 Å². The van der Waals surface area contributed by atoms with Crippen LogP contribution in [0.1, 0.15) is 79.7 Å². The Morgan fingerprint density at radius 1 is 1.07 bits per heavy atom. The van der Waals surface area contributed by atoms with Crippen molar-refractivity contribution in [3.63, 3.8) is 0 Å². The predicted octanol–water partition coefficient (Wildman–Crippen LogP) is 4.44. The maximum absolute atomic E-state index is 13.6. The molecular weight excluding hydrogens is 508 g/mol. The zero-order valence-electron chi connectivity index (χ0n) is 24.2. The second kappa shape index (κ2) is 11.0. The number of rotatable bonds is 5. The summed E-state index contributed by atoms with van der Waals surface area (Å²) < 4.78 is 7.63. The molecule has 0 unspecified atom stereocenters. The van der Waals surface area contributed by atoms with E-state index in [4.69, 9.17) is 9.84 Å². The molecule has 2 fully saturated rings. The minimum absolute atomic E-state index is 0.136. The average Bonchev–Trinajstić information content (AvgIpc) is 3.56. The van der Waals surface area contributed by atoms with Crippen LogP contribution in [0.25, 0.3) is 10.9 Å². The normalized spacial score (nSPS) is 16.5. The summed E-state index contributed by atoms with van der Waals surface area (Å²) >= 11 is 0. The maximum atomic E-state index is 13.6. The molecular formula is C30H40N6O4. The van der Waals surface area contributed by atoms with E-state index in [2.05, 4.69) is 25.9 Å². The first-order chi connectivity index (χ1) is 19.0. The van der Waals surface area contributed by atoms with Crippen molar-refractivity contribution in [1.29, 1.82) is 0 Å². The van der Waals surface area contributed by atoms with Crippen molar-refractivity contribution in [3.05, 3.63) is 57.1 Å². The Hall–Kier alpha value is -3.82. The van der Waals surface area contributed by atoms with E-state index in [-0.39, 0.29) is 24.1 Å². The Bertz CT molecular complexity index is 1470. The number of benzene rings is 1. The quantitative estimate of drug-likeness (QED) is 0.487. The standard InChI is InChI=1S/C30H40N6O4/c1-19-14-20(2)33-28(38)24(19)17-31-27(37)23-15-22(16-26-25(23)18-32-36(26)21-8-6-7-9-21)34-10-12-35(13-11-34)29(39)40-30(3,4)5/h14-16,18,21H,6-13,17H2,1-5H3,(H,31,37)(H,33,38). The van der Waals surface area contributed by atoms with Crippen LogP contribution in [0.15, 0.2) is 29.2 Å². The Balaban J connectivity index is 1.42. The lowest BCUT2D eigenvalue weighted by Crippen LogP contribution is -2.50. The fourth-order valence-corrected chi connectivity index (χ4v) is 5.78. The van der Waals surface area contributed by atoms with Gasteiger partial charge in [-0.05, 0) is 71.2 Å². The summed E-state index contributed by atoms with van der Waals surface area (Å²) in [6.07, 6.45) is 5.99. The molecule has 2 N–H and O–H groups in total. The summed E-state index contributed by atoms with van der Waals surface area (Å²) in [5, 5.41) is 8.50. The molecule has 1 aliphatic carbocycles. The van der Waals surface area contributed by atoms with Gasteiger partial charge < -0.3 is 24.8 Å². The number of hydrogen-bond acceptors (Lipinski definition) is 6. The number of aromatic amines is 1. The molecule has 1 saturated heterocycles. The van der Waals surface area contributed by atoms with Gasteiger partial charge in [-0.15, -0.1) is 0 Å². The highest BCUT2D eigenvalue weighted by atomic mass is 16.6. The second-order valence-electron chi connectivity index (χ2n) is 12.0. The lowest BCUT2D eigenvalue weighted by molar-refractivity contribution is 0.0240. The molecule has 214 valence electrons. The van der Waals surface area contributed by atoms with Gasteiger partial charge in [0.15, 0.2) is 0 Å². The van der Waals surface area contributed by atoms with Gasteiger partial charge >= 0.3 is 6.09 Å². The number of piperazine rings is 1. The predicted molar refractivity (Wildman–Crippen MR) is 155 cm³/mol. The number of anilines is 1. The molecule has 3 heterocycles. The van der Waals surface area contributed by atoms with Crippen LogP contribution in [0.4, 0.5) is 10.5 Å². The number of amides is 2. The van der Waals surface area contributed by atoms with E-state index in [1.54, 1.807) is 11.1 Å². The molecule has 1 aromatic carbocycles. The van der Waals surface area contributed by atoms with Gasteiger partial charge in [0.2, 0.25) is 0 Å². The van der Waals surface area contributed by atoms with Crippen molar-refractivity contribution in [1.82, 2.24) is 25.0 Å². The number of nitrogens with one attached hydrogen (secondary N) is 2. The molecule has 2 amide bonds. The molecule has 3 aromatic rings. The molecule has 10 heteroatoms. The molecule has 0 spiro atoms. The Morgan fingerprint density at radius 3 is 2.42 bits per heavy atom. The number of pyridine rings is 1. The summed E-state index contributed by atoms with van der Waals surface area (Å²) in [5.74, 6) is -0.246. The average molecular weight is 549 g/mol. The van der Waals surface area contributed by atoms with Gasteiger partial charge in [-0.1, -0.05) is 12.8 Å². The summed E-state index contributed by atoms with van der Waals surface area (Å²) in [6, 6.07) is 6.26. The Morgan fingerprint density at radius 2 is 1.77 bits per heavy atom. The number of H-pyrrole nitrogens is 1. The topological polar surface area (TPSA) is 113 Å². The molecule has 0 atom stereocenters. The van der Waals surface area contributed by atoms with E-state index in [9.17, 15) is 14.4 Å².